The van der Waals surface area contributed by atoms with Crippen LogP contribution >= 0.6 is 15.9 Å². The molecule has 4 heteroatoms. The summed E-state index contributed by atoms with van der Waals surface area (Å²) >= 11 is 3.67. The minimum atomic E-state index is 0.928. The Morgan fingerprint density at radius 2 is 1.83 bits per heavy atom. The molecule has 18 heavy (non-hydrogen) atoms. The summed E-state index contributed by atoms with van der Waals surface area (Å²) in [5.74, 6) is 0.928. The molecule has 0 atom stereocenters. The highest BCUT2D eigenvalue weighted by molar-refractivity contribution is 9.10. The quantitative estimate of drug-likeness (QED) is 0.844. The number of aryl methyl sites for hydroxylation is 1. The van der Waals surface area contributed by atoms with Gasteiger partial charge in [-0.15, -0.1) is 0 Å². The molecule has 0 aliphatic rings. The van der Waals surface area contributed by atoms with E-state index >= 15 is 0 Å². The van der Waals surface area contributed by atoms with Crippen LogP contribution < -0.4 is 4.74 Å². The van der Waals surface area contributed by atoms with Crippen LogP contribution in [0.2, 0.25) is 0 Å². The predicted octanol–water partition coefficient (Wildman–Crippen LogP) is 3.78. The minimum Gasteiger partial charge on any atom is -0.496 e. The molecule has 0 aliphatic heterocycles. The maximum atomic E-state index is 5.61. The lowest BCUT2D eigenvalue weighted by atomic mass is 9.97. The summed E-state index contributed by atoms with van der Waals surface area (Å²) in [6, 6.07) is 2.01. The highest BCUT2D eigenvalue weighted by Gasteiger charge is 2.19. The molecule has 0 bridgehead atoms. The van der Waals surface area contributed by atoms with Crippen LogP contribution in [0.1, 0.15) is 16.7 Å². The highest BCUT2D eigenvalue weighted by Crippen LogP contribution is 2.41. The molecule has 0 amide bonds. The summed E-state index contributed by atoms with van der Waals surface area (Å²) in [5.41, 5.74) is 5.72. The van der Waals surface area contributed by atoms with Gasteiger partial charge in [-0.2, -0.15) is 5.10 Å². The third-order valence-corrected chi connectivity index (χ3v) is 4.63. The molecule has 0 aliphatic carbocycles. The monoisotopic (exact) mass is 308 g/mol. The van der Waals surface area contributed by atoms with Crippen LogP contribution in [0.4, 0.5) is 0 Å². The van der Waals surface area contributed by atoms with E-state index in [1.165, 1.54) is 11.1 Å². The van der Waals surface area contributed by atoms with Gasteiger partial charge in [0, 0.05) is 23.3 Å². The van der Waals surface area contributed by atoms with Crippen LogP contribution in [0, 0.1) is 20.8 Å². The van der Waals surface area contributed by atoms with Gasteiger partial charge in [0.2, 0.25) is 0 Å². The van der Waals surface area contributed by atoms with Crippen molar-refractivity contribution in [1.82, 2.24) is 9.78 Å². The summed E-state index contributed by atoms with van der Waals surface area (Å²) < 4.78 is 8.61. The molecule has 3 nitrogen and oxygen atoms in total. The van der Waals surface area contributed by atoms with Crippen molar-refractivity contribution in [3.05, 3.63) is 33.4 Å². The van der Waals surface area contributed by atoms with Gasteiger partial charge in [-0.3, -0.25) is 4.68 Å². The van der Waals surface area contributed by atoms with Crippen molar-refractivity contribution in [3.63, 3.8) is 0 Å². The van der Waals surface area contributed by atoms with Crippen molar-refractivity contribution < 1.29 is 4.74 Å². The maximum Gasteiger partial charge on any atom is 0.131 e. The first-order valence-electron chi connectivity index (χ1n) is 5.80. The molecule has 0 radical (unpaired) electrons. The fraction of sp³-hybridized carbons (Fsp3) is 0.357. The number of ether oxygens (including phenoxy) is 1. The van der Waals surface area contributed by atoms with Gasteiger partial charge in [-0.05, 0) is 43.5 Å². The van der Waals surface area contributed by atoms with Crippen molar-refractivity contribution in [3.8, 4) is 17.0 Å². The number of aromatic nitrogens is 2. The number of rotatable bonds is 2. The van der Waals surface area contributed by atoms with Crippen LogP contribution in [-0.4, -0.2) is 16.9 Å². The first kappa shape index (κ1) is 13.1. The van der Waals surface area contributed by atoms with E-state index in [0.29, 0.717) is 0 Å². The summed E-state index contributed by atoms with van der Waals surface area (Å²) in [6.45, 7) is 6.28. The standard InChI is InChI=1S/C14H17BrN2O/c1-8-9(2)14(18-5)12(10(3)13(8)15)11-6-7-16-17(11)4/h6-7H,1-5H3. The van der Waals surface area contributed by atoms with E-state index in [1.807, 2.05) is 17.8 Å². The molecule has 0 N–H and O–H groups in total. The zero-order valence-corrected chi connectivity index (χ0v) is 12.9. The fourth-order valence-electron chi connectivity index (χ4n) is 2.27. The number of methoxy groups -OCH3 is 1. The molecule has 2 rings (SSSR count). The molecule has 0 spiro atoms. The Kier molecular flexibility index (Phi) is 3.48. The molecule has 1 aromatic heterocycles. The molecular formula is C14H17BrN2O. The molecule has 1 heterocycles. The van der Waals surface area contributed by atoms with E-state index in [9.17, 15) is 0 Å². The molecular weight excluding hydrogens is 292 g/mol. The second-order valence-electron chi connectivity index (χ2n) is 4.44. The Morgan fingerprint density at radius 1 is 1.17 bits per heavy atom. The zero-order chi connectivity index (χ0) is 13.4. The fourth-order valence-corrected chi connectivity index (χ4v) is 2.76. The number of hydrogen-bond donors (Lipinski definition) is 0. The topological polar surface area (TPSA) is 27.1 Å². The lowest BCUT2D eigenvalue weighted by Crippen LogP contribution is -2.02. The van der Waals surface area contributed by atoms with Gasteiger partial charge in [0.1, 0.15) is 5.75 Å². The van der Waals surface area contributed by atoms with Crippen molar-refractivity contribution in [1.29, 1.82) is 0 Å². The third kappa shape index (κ3) is 1.85. The summed E-state index contributed by atoms with van der Waals surface area (Å²) in [6.07, 6.45) is 1.80. The summed E-state index contributed by atoms with van der Waals surface area (Å²) in [7, 11) is 3.66. The van der Waals surface area contributed by atoms with Gasteiger partial charge in [-0.1, -0.05) is 15.9 Å². The van der Waals surface area contributed by atoms with E-state index < -0.39 is 0 Å². The van der Waals surface area contributed by atoms with Crippen LogP contribution in [0.25, 0.3) is 11.3 Å². The predicted molar refractivity (Wildman–Crippen MR) is 77.1 cm³/mol. The Bertz CT molecular complexity index is 602. The minimum absolute atomic E-state index is 0.928. The van der Waals surface area contributed by atoms with Crippen LogP contribution in [0.5, 0.6) is 5.75 Å². The lowest BCUT2D eigenvalue weighted by molar-refractivity contribution is 0.412. The molecule has 0 fully saturated rings. The van der Waals surface area contributed by atoms with Crippen LogP contribution in [0.3, 0.4) is 0 Å². The number of nitrogens with zero attached hydrogens (tertiary/aromatic N) is 2. The molecule has 96 valence electrons. The van der Waals surface area contributed by atoms with Crippen LogP contribution in [-0.2, 0) is 7.05 Å². The van der Waals surface area contributed by atoms with Crippen LogP contribution in [0.15, 0.2) is 16.7 Å². The van der Waals surface area contributed by atoms with Gasteiger partial charge in [0.05, 0.1) is 12.8 Å². The summed E-state index contributed by atoms with van der Waals surface area (Å²) in [5, 5.41) is 4.24. The van der Waals surface area contributed by atoms with E-state index in [-0.39, 0.29) is 0 Å². The Labute approximate surface area is 116 Å². The number of hydrogen-bond acceptors (Lipinski definition) is 2. The zero-order valence-electron chi connectivity index (χ0n) is 11.3. The number of halogens is 1. The Hall–Kier alpha value is -1.29. The largest absolute Gasteiger partial charge is 0.496 e. The first-order valence-corrected chi connectivity index (χ1v) is 6.60. The van der Waals surface area contributed by atoms with Crippen molar-refractivity contribution in [2.45, 2.75) is 20.8 Å². The maximum absolute atomic E-state index is 5.61. The average Bonchev–Trinajstić information content (AvgIpc) is 2.77. The second kappa shape index (κ2) is 4.76. The van der Waals surface area contributed by atoms with Gasteiger partial charge in [0.15, 0.2) is 0 Å². The summed E-state index contributed by atoms with van der Waals surface area (Å²) in [4.78, 5) is 0. The molecule has 1 aromatic carbocycles. The van der Waals surface area contributed by atoms with Gasteiger partial charge < -0.3 is 4.74 Å². The van der Waals surface area contributed by atoms with Gasteiger partial charge in [0.25, 0.3) is 0 Å². The lowest BCUT2D eigenvalue weighted by Gasteiger charge is -2.18. The molecule has 0 unspecified atom stereocenters. The molecule has 0 saturated carbocycles. The van der Waals surface area contributed by atoms with Crippen molar-refractivity contribution >= 4 is 15.9 Å². The molecule has 2 aromatic rings. The Balaban J connectivity index is 2.86. The smallest absolute Gasteiger partial charge is 0.131 e. The highest BCUT2D eigenvalue weighted by atomic mass is 79.9. The molecule has 0 saturated heterocycles. The van der Waals surface area contributed by atoms with Gasteiger partial charge in [-0.25, -0.2) is 0 Å². The van der Waals surface area contributed by atoms with Gasteiger partial charge >= 0.3 is 0 Å². The van der Waals surface area contributed by atoms with Crippen molar-refractivity contribution in [2.24, 2.45) is 7.05 Å². The normalized spacial score (nSPS) is 10.8. The van der Waals surface area contributed by atoms with E-state index in [0.717, 1.165) is 27.0 Å². The average molecular weight is 309 g/mol. The van der Waals surface area contributed by atoms with E-state index in [4.69, 9.17) is 4.74 Å². The van der Waals surface area contributed by atoms with Crippen molar-refractivity contribution in [2.75, 3.05) is 7.11 Å². The first-order chi connectivity index (χ1) is 8.49. The second-order valence-corrected chi connectivity index (χ2v) is 5.23. The van der Waals surface area contributed by atoms with E-state index in [2.05, 4.69) is 41.8 Å². The SMILES string of the molecule is COc1c(C)c(C)c(Br)c(C)c1-c1ccnn1C. The van der Waals surface area contributed by atoms with E-state index in [1.54, 1.807) is 13.3 Å². The Morgan fingerprint density at radius 3 is 2.33 bits per heavy atom. The number of benzene rings is 1. The third-order valence-electron chi connectivity index (χ3n) is 3.44.